The topological polar surface area (TPSA) is 72.4 Å². The highest BCUT2D eigenvalue weighted by Gasteiger charge is 2.26. The molecule has 126 valence electrons. The summed E-state index contributed by atoms with van der Waals surface area (Å²) >= 11 is 1.34. The lowest BCUT2D eigenvalue weighted by atomic mass is 10.2. The van der Waals surface area contributed by atoms with E-state index in [1.54, 1.807) is 0 Å². The molecule has 1 atom stereocenters. The molecule has 6 nitrogen and oxygen atoms in total. The van der Waals surface area contributed by atoms with Crippen LogP contribution in [0.2, 0.25) is 0 Å². The van der Waals surface area contributed by atoms with Crippen LogP contribution in [0.3, 0.4) is 0 Å². The number of ether oxygens (including phenoxy) is 1. The molecule has 0 aromatic carbocycles. The van der Waals surface area contributed by atoms with Gasteiger partial charge in [0.2, 0.25) is 5.91 Å². The zero-order chi connectivity index (χ0) is 17.0. The van der Waals surface area contributed by atoms with Gasteiger partial charge in [-0.05, 0) is 20.8 Å². The highest BCUT2D eigenvalue weighted by molar-refractivity contribution is 8.00. The summed E-state index contributed by atoms with van der Waals surface area (Å²) in [5.74, 6) is 0.682. The predicted molar refractivity (Wildman–Crippen MR) is 88.9 cm³/mol. The molecule has 0 aliphatic carbocycles. The predicted octanol–water partition coefficient (Wildman–Crippen LogP) is 1.89. The van der Waals surface area contributed by atoms with Crippen LogP contribution in [0, 0.1) is 6.92 Å². The summed E-state index contributed by atoms with van der Waals surface area (Å²) in [6.45, 7) is 9.54. The van der Waals surface area contributed by atoms with Crippen molar-refractivity contribution in [3.8, 4) is 0 Å². The fraction of sp³-hybridized carbons (Fsp3) is 0.625. The molecule has 1 aliphatic heterocycles. The van der Waals surface area contributed by atoms with Gasteiger partial charge in [-0.2, -0.15) is 0 Å². The normalized spacial score (nSPS) is 16.3. The summed E-state index contributed by atoms with van der Waals surface area (Å²) in [6, 6.07) is 0. The van der Waals surface area contributed by atoms with Gasteiger partial charge in [0.25, 0.3) is 0 Å². The van der Waals surface area contributed by atoms with Crippen molar-refractivity contribution in [2.24, 2.45) is 0 Å². The fourth-order valence-corrected chi connectivity index (χ4v) is 3.66. The molecular weight excluding hydrogens is 314 g/mol. The molecule has 1 saturated heterocycles. The van der Waals surface area contributed by atoms with E-state index in [0.29, 0.717) is 54.8 Å². The smallest absolute Gasteiger partial charge is 0.235 e. The Hall–Kier alpha value is -1.47. The van der Waals surface area contributed by atoms with Crippen LogP contribution >= 0.6 is 11.8 Å². The summed E-state index contributed by atoms with van der Waals surface area (Å²) in [7, 11) is 0. The minimum Gasteiger partial charge on any atom is -0.378 e. The molecule has 1 aliphatic rings. The second-order valence-corrected chi connectivity index (χ2v) is 6.84. The minimum atomic E-state index is -0.301. The van der Waals surface area contributed by atoms with Crippen molar-refractivity contribution in [1.82, 2.24) is 14.9 Å². The van der Waals surface area contributed by atoms with Crippen LogP contribution in [0.5, 0.6) is 0 Å². The molecular formula is C16H23N3O3S. The minimum absolute atomic E-state index is 0.0575. The summed E-state index contributed by atoms with van der Waals surface area (Å²) in [5, 5.41) is 0.307. The first-order valence-electron chi connectivity index (χ1n) is 7.85. The molecule has 0 radical (unpaired) electrons. The van der Waals surface area contributed by atoms with Gasteiger partial charge in [0.1, 0.15) is 10.9 Å². The average molecular weight is 337 g/mol. The molecule has 1 aromatic rings. The average Bonchev–Trinajstić information content (AvgIpc) is 2.53. The lowest BCUT2D eigenvalue weighted by Gasteiger charge is -2.29. The van der Waals surface area contributed by atoms with Crippen molar-refractivity contribution in [3.63, 3.8) is 0 Å². The fourth-order valence-electron chi connectivity index (χ4n) is 2.51. The number of carbonyl (C=O) groups is 2. The van der Waals surface area contributed by atoms with Crippen molar-refractivity contribution >= 4 is 23.5 Å². The summed E-state index contributed by atoms with van der Waals surface area (Å²) < 4.78 is 5.28. The van der Waals surface area contributed by atoms with E-state index in [-0.39, 0.29) is 16.9 Å². The zero-order valence-corrected chi connectivity index (χ0v) is 14.9. The van der Waals surface area contributed by atoms with Crippen molar-refractivity contribution in [2.75, 3.05) is 26.3 Å². The number of ketones is 1. The first-order chi connectivity index (χ1) is 10.9. The monoisotopic (exact) mass is 337 g/mol. The number of morpholine rings is 1. The van der Waals surface area contributed by atoms with Crippen LogP contribution in [0.4, 0.5) is 0 Å². The van der Waals surface area contributed by atoms with E-state index in [0.717, 1.165) is 0 Å². The zero-order valence-electron chi connectivity index (χ0n) is 14.1. The number of carbonyl (C=O) groups excluding carboxylic acids is 2. The number of aromatic nitrogens is 2. The van der Waals surface area contributed by atoms with Crippen LogP contribution in [0.15, 0.2) is 5.03 Å². The summed E-state index contributed by atoms with van der Waals surface area (Å²) in [6.07, 6.45) is 0.693. The Bertz CT molecular complexity index is 600. The third-order valence-electron chi connectivity index (χ3n) is 3.73. The second kappa shape index (κ2) is 7.88. The number of thioether (sulfide) groups is 1. The number of Topliss-reactive ketones (excluding diaryl/α,β-unsaturated/α-hetero) is 1. The van der Waals surface area contributed by atoms with Crippen molar-refractivity contribution in [1.29, 1.82) is 0 Å². The van der Waals surface area contributed by atoms with Crippen LogP contribution < -0.4 is 0 Å². The molecule has 0 bridgehead atoms. The number of hydrogen-bond donors (Lipinski definition) is 0. The third kappa shape index (κ3) is 4.29. The molecule has 2 heterocycles. The number of aryl methyl sites for hydroxylation is 2. The Labute approximate surface area is 141 Å². The van der Waals surface area contributed by atoms with E-state index in [1.807, 2.05) is 25.7 Å². The largest absolute Gasteiger partial charge is 0.378 e. The van der Waals surface area contributed by atoms with Gasteiger partial charge in [-0.15, -0.1) is 0 Å². The molecule has 0 spiro atoms. The summed E-state index contributed by atoms with van der Waals surface area (Å²) in [5.41, 5.74) is 1.20. The molecule has 7 heteroatoms. The van der Waals surface area contributed by atoms with Crippen LogP contribution in [-0.4, -0.2) is 58.1 Å². The van der Waals surface area contributed by atoms with Gasteiger partial charge in [0.15, 0.2) is 5.78 Å². The van der Waals surface area contributed by atoms with Crippen LogP contribution in [0.1, 0.15) is 42.6 Å². The molecule has 1 fully saturated rings. The van der Waals surface area contributed by atoms with Gasteiger partial charge in [0.05, 0.1) is 29.7 Å². The quantitative estimate of drug-likeness (QED) is 0.464. The van der Waals surface area contributed by atoms with Crippen molar-refractivity contribution in [2.45, 2.75) is 44.4 Å². The maximum absolute atomic E-state index is 12.5. The molecule has 0 saturated carbocycles. The lowest BCUT2D eigenvalue weighted by Crippen LogP contribution is -2.44. The maximum Gasteiger partial charge on any atom is 0.235 e. The molecule has 23 heavy (non-hydrogen) atoms. The highest BCUT2D eigenvalue weighted by Crippen LogP contribution is 2.28. The Morgan fingerprint density at radius 2 is 1.96 bits per heavy atom. The molecule has 1 amide bonds. The van der Waals surface area contributed by atoms with Gasteiger partial charge in [-0.1, -0.05) is 18.7 Å². The molecule has 0 N–H and O–H groups in total. The van der Waals surface area contributed by atoms with Gasteiger partial charge in [0, 0.05) is 19.5 Å². The van der Waals surface area contributed by atoms with E-state index in [9.17, 15) is 9.59 Å². The van der Waals surface area contributed by atoms with Crippen molar-refractivity contribution < 1.29 is 14.3 Å². The highest BCUT2D eigenvalue weighted by atomic mass is 32.2. The van der Waals surface area contributed by atoms with E-state index in [4.69, 9.17) is 4.74 Å². The van der Waals surface area contributed by atoms with Gasteiger partial charge in [-0.3, -0.25) is 9.59 Å². The van der Waals surface area contributed by atoms with Gasteiger partial charge >= 0.3 is 0 Å². The molecule has 2 rings (SSSR count). The molecule has 1 aromatic heterocycles. The first kappa shape index (κ1) is 17.9. The maximum atomic E-state index is 12.5. The number of rotatable bonds is 5. The van der Waals surface area contributed by atoms with E-state index >= 15 is 0 Å². The standard InChI is InChI=1S/C16H23N3O3S/c1-5-13-17-10(2)14(11(3)20)15(18-13)23-12(4)16(21)19-6-8-22-9-7-19/h12H,5-9H2,1-4H3/t12-/m1/s1. The van der Waals surface area contributed by atoms with Crippen LogP contribution in [-0.2, 0) is 16.0 Å². The SMILES string of the molecule is CCc1nc(C)c(C(C)=O)c(S[C@H](C)C(=O)N2CCOCC2)n1. The Morgan fingerprint density at radius 1 is 1.30 bits per heavy atom. The molecule has 0 unspecified atom stereocenters. The van der Waals surface area contributed by atoms with E-state index < -0.39 is 0 Å². The van der Waals surface area contributed by atoms with E-state index in [1.165, 1.54) is 18.7 Å². The Balaban J connectivity index is 2.22. The second-order valence-electron chi connectivity index (χ2n) is 5.51. The third-order valence-corrected chi connectivity index (χ3v) is 4.80. The van der Waals surface area contributed by atoms with Gasteiger partial charge < -0.3 is 9.64 Å². The lowest BCUT2D eigenvalue weighted by molar-refractivity contribution is -0.134. The Morgan fingerprint density at radius 3 is 2.52 bits per heavy atom. The number of hydrogen-bond acceptors (Lipinski definition) is 6. The number of amides is 1. The number of nitrogens with zero attached hydrogens (tertiary/aromatic N) is 3. The Kier molecular flexibility index (Phi) is 6.12. The van der Waals surface area contributed by atoms with E-state index in [2.05, 4.69) is 9.97 Å². The van der Waals surface area contributed by atoms with Crippen molar-refractivity contribution in [3.05, 3.63) is 17.1 Å². The van der Waals surface area contributed by atoms with Crippen LogP contribution in [0.25, 0.3) is 0 Å². The first-order valence-corrected chi connectivity index (χ1v) is 8.73. The van der Waals surface area contributed by atoms with Gasteiger partial charge in [-0.25, -0.2) is 9.97 Å². The summed E-state index contributed by atoms with van der Waals surface area (Å²) in [4.78, 5) is 35.1.